The molecule has 0 aliphatic rings. The molecule has 0 fully saturated rings. The minimum absolute atomic E-state index is 0.0359. The number of aryl methyl sites for hydroxylation is 1. The van der Waals surface area contributed by atoms with E-state index in [1.807, 2.05) is 30.6 Å². The van der Waals surface area contributed by atoms with Crippen LogP contribution in [0.1, 0.15) is 29.3 Å². The maximum absolute atomic E-state index is 12.4. The Hall–Kier alpha value is -2.15. The molecule has 6 nitrogen and oxygen atoms in total. The molecule has 1 unspecified atom stereocenters. The number of hydrogen-bond acceptors (Lipinski definition) is 4. The molecule has 1 N–H and O–H groups in total. The van der Waals surface area contributed by atoms with E-state index in [2.05, 4.69) is 5.10 Å². The van der Waals surface area contributed by atoms with Crippen LogP contribution in [0.3, 0.4) is 0 Å². The van der Waals surface area contributed by atoms with Gasteiger partial charge in [-0.1, -0.05) is 6.07 Å². The third-order valence-corrected chi connectivity index (χ3v) is 4.57. The lowest BCUT2D eigenvalue weighted by Crippen LogP contribution is -2.28. The molecule has 118 valence electrons. The lowest BCUT2D eigenvalue weighted by Gasteiger charge is -2.20. The molecular formula is C15H19N3O3S. The van der Waals surface area contributed by atoms with Crippen molar-refractivity contribution in [2.24, 2.45) is 7.05 Å². The van der Waals surface area contributed by atoms with Crippen LogP contribution in [0.5, 0.6) is 0 Å². The van der Waals surface area contributed by atoms with Crippen LogP contribution in [0.4, 0.5) is 0 Å². The van der Waals surface area contributed by atoms with Crippen molar-refractivity contribution in [1.29, 1.82) is 0 Å². The third-order valence-electron chi connectivity index (χ3n) is 3.53. The highest BCUT2D eigenvalue weighted by Gasteiger charge is 2.22. The zero-order chi connectivity index (χ0) is 16.1. The third kappa shape index (κ3) is 4.17. The molecule has 0 aliphatic heterocycles. The number of aliphatic carboxylic acids is 1. The quantitative estimate of drug-likeness (QED) is 0.847. The number of rotatable bonds is 7. The van der Waals surface area contributed by atoms with Crippen LogP contribution in [-0.2, 0) is 23.2 Å². The highest BCUT2D eigenvalue weighted by Crippen LogP contribution is 2.28. The molecule has 1 atom stereocenters. The van der Waals surface area contributed by atoms with Gasteiger partial charge < -0.3 is 10.0 Å². The first kappa shape index (κ1) is 16.2. The predicted molar refractivity (Wildman–Crippen MR) is 83.6 cm³/mol. The average Bonchev–Trinajstić information content (AvgIpc) is 3.10. The molecule has 0 aromatic carbocycles. The summed E-state index contributed by atoms with van der Waals surface area (Å²) in [6.45, 7) is 0.458. The topological polar surface area (TPSA) is 75.4 Å². The fourth-order valence-corrected chi connectivity index (χ4v) is 3.09. The number of amides is 1. The van der Waals surface area contributed by atoms with Gasteiger partial charge in [-0.3, -0.25) is 14.3 Å². The molecule has 1 amide bonds. The van der Waals surface area contributed by atoms with Crippen LogP contribution in [0, 0.1) is 0 Å². The van der Waals surface area contributed by atoms with Gasteiger partial charge in [0, 0.05) is 37.5 Å². The van der Waals surface area contributed by atoms with E-state index in [0.717, 1.165) is 10.6 Å². The van der Waals surface area contributed by atoms with Gasteiger partial charge in [-0.15, -0.1) is 11.3 Å². The van der Waals surface area contributed by atoms with Gasteiger partial charge in [0.15, 0.2) is 0 Å². The lowest BCUT2D eigenvalue weighted by atomic mass is 9.99. The fourth-order valence-electron chi connectivity index (χ4n) is 2.26. The Bertz CT molecular complexity index is 636. The summed E-state index contributed by atoms with van der Waals surface area (Å²) in [6.07, 6.45) is 1.85. The second-order valence-corrected chi connectivity index (χ2v) is 6.19. The Morgan fingerprint density at radius 1 is 1.41 bits per heavy atom. The summed E-state index contributed by atoms with van der Waals surface area (Å²) in [5.74, 6) is -1.24. The Morgan fingerprint density at radius 3 is 2.73 bits per heavy atom. The second kappa shape index (κ2) is 7.22. The van der Waals surface area contributed by atoms with Crippen molar-refractivity contribution in [3.05, 3.63) is 40.3 Å². The Balaban J connectivity index is 2.01. The molecule has 22 heavy (non-hydrogen) atoms. The van der Waals surface area contributed by atoms with Crippen molar-refractivity contribution in [3.63, 3.8) is 0 Å². The molecule has 2 aromatic heterocycles. The molecule has 2 heterocycles. The van der Waals surface area contributed by atoms with E-state index in [1.165, 1.54) is 11.3 Å². The molecule has 2 aromatic rings. The highest BCUT2D eigenvalue weighted by atomic mass is 32.1. The van der Waals surface area contributed by atoms with Crippen LogP contribution in [0.2, 0.25) is 0 Å². The second-order valence-electron chi connectivity index (χ2n) is 5.21. The SMILES string of the molecule is CN(Cc1ccnn1C)C(=O)CC(CC(=O)O)c1cccs1. The molecule has 0 spiro atoms. The van der Waals surface area contributed by atoms with Gasteiger partial charge in [0.25, 0.3) is 0 Å². The largest absolute Gasteiger partial charge is 0.481 e. The van der Waals surface area contributed by atoms with E-state index in [1.54, 1.807) is 22.8 Å². The van der Waals surface area contributed by atoms with Gasteiger partial charge in [0.2, 0.25) is 5.91 Å². The monoisotopic (exact) mass is 321 g/mol. The van der Waals surface area contributed by atoms with Crippen molar-refractivity contribution in [1.82, 2.24) is 14.7 Å². The smallest absolute Gasteiger partial charge is 0.304 e. The van der Waals surface area contributed by atoms with Crippen LogP contribution in [0.25, 0.3) is 0 Å². The Kier molecular flexibility index (Phi) is 5.32. The highest BCUT2D eigenvalue weighted by molar-refractivity contribution is 7.10. The van der Waals surface area contributed by atoms with Gasteiger partial charge in [-0.2, -0.15) is 5.10 Å². The van der Waals surface area contributed by atoms with Crippen LogP contribution in [0.15, 0.2) is 29.8 Å². The van der Waals surface area contributed by atoms with E-state index in [-0.39, 0.29) is 24.7 Å². The van der Waals surface area contributed by atoms with Gasteiger partial charge in [0.1, 0.15) is 0 Å². The van der Waals surface area contributed by atoms with Crippen LogP contribution in [-0.4, -0.2) is 38.7 Å². The van der Waals surface area contributed by atoms with E-state index in [4.69, 9.17) is 5.11 Å². The normalized spacial score (nSPS) is 12.1. The molecule has 0 bridgehead atoms. The average molecular weight is 321 g/mol. The first-order chi connectivity index (χ1) is 10.5. The summed E-state index contributed by atoms with van der Waals surface area (Å²) in [4.78, 5) is 25.9. The van der Waals surface area contributed by atoms with Crippen LogP contribution < -0.4 is 0 Å². The number of carboxylic acid groups (broad SMARTS) is 1. The van der Waals surface area contributed by atoms with E-state index in [0.29, 0.717) is 6.54 Å². The standard InChI is InChI=1S/C15H19N3O3S/c1-17(10-12-5-6-16-18(12)2)14(19)8-11(9-15(20)21)13-4-3-7-22-13/h3-7,11H,8-10H2,1-2H3,(H,20,21). The number of carboxylic acids is 1. The minimum atomic E-state index is -0.888. The Morgan fingerprint density at radius 2 is 2.18 bits per heavy atom. The molecule has 0 saturated carbocycles. The van der Waals surface area contributed by atoms with E-state index >= 15 is 0 Å². The van der Waals surface area contributed by atoms with Gasteiger partial charge in [-0.25, -0.2) is 0 Å². The van der Waals surface area contributed by atoms with Gasteiger partial charge in [0.05, 0.1) is 18.7 Å². The summed E-state index contributed by atoms with van der Waals surface area (Å²) < 4.78 is 1.72. The number of carbonyl (C=O) groups excluding carboxylic acids is 1. The van der Waals surface area contributed by atoms with Crippen molar-refractivity contribution >= 4 is 23.2 Å². The van der Waals surface area contributed by atoms with Crippen LogP contribution >= 0.6 is 11.3 Å². The van der Waals surface area contributed by atoms with E-state index < -0.39 is 5.97 Å². The zero-order valence-electron chi connectivity index (χ0n) is 12.6. The zero-order valence-corrected chi connectivity index (χ0v) is 13.4. The number of aromatic nitrogens is 2. The maximum Gasteiger partial charge on any atom is 0.304 e. The van der Waals surface area contributed by atoms with Crippen molar-refractivity contribution in [2.75, 3.05) is 7.05 Å². The maximum atomic E-state index is 12.4. The van der Waals surface area contributed by atoms with E-state index in [9.17, 15) is 9.59 Å². The summed E-state index contributed by atoms with van der Waals surface area (Å²) in [5, 5.41) is 15.0. The molecule has 0 aliphatic carbocycles. The molecule has 0 radical (unpaired) electrons. The van der Waals surface area contributed by atoms with Crippen molar-refractivity contribution in [2.45, 2.75) is 25.3 Å². The van der Waals surface area contributed by atoms with Crippen molar-refractivity contribution in [3.8, 4) is 0 Å². The first-order valence-corrected chi connectivity index (χ1v) is 7.81. The molecular weight excluding hydrogens is 302 g/mol. The molecule has 0 saturated heterocycles. The van der Waals surface area contributed by atoms with Crippen molar-refractivity contribution < 1.29 is 14.7 Å². The predicted octanol–water partition coefficient (Wildman–Crippen LogP) is 2.09. The number of carbonyl (C=O) groups is 2. The summed E-state index contributed by atoms with van der Waals surface area (Å²) in [6, 6.07) is 5.61. The molecule has 2 rings (SSSR count). The van der Waals surface area contributed by atoms with Gasteiger partial charge in [-0.05, 0) is 17.5 Å². The number of thiophene rings is 1. The Labute approximate surface area is 133 Å². The first-order valence-electron chi connectivity index (χ1n) is 6.93. The van der Waals surface area contributed by atoms with Gasteiger partial charge >= 0.3 is 5.97 Å². The lowest BCUT2D eigenvalue weighted by molar-refractivity contribution is -0.137. The minimum Gasteiger partial charge on any atom is -0.481 e. The number of hydrogen-bond donors (Lipinski definition) is 1. The fraction of sp³-hybridized carbons (Fsp3) is 0.400. The summed E-state index contributed by atoms with van der Waals surface area (Å²) in [5.41, 5.74) is 0.932. The molecule has 7 heteroatoms. The summed E-state index contributed by atoms with van der Waals surface area (Å²) in [7, 11) is 3.55. The summed E-state index contributed by atoms with van der Waals surface area (Å²) >= 11 is 1.49. The number of nitrogens with zero attached hydrogens (tertiary/aromatic N) is 3.